The smallest absolute Gasteiger partial charge is 0.401 e. The fraction of sp³-hybridized carbons (Fsp3) is 0.714. The van der Waals surface area contributed by atoms with E-state index in [1.807, 2.05) is 6.07 Å². The van der Waals surface area contributed by atoms with Gasteiger partial charge in [-0.3, -0.25) is 4.90 Å². The molecule has 0 radical (unpaired) electrons. The zero-order valence-corrected chi connectivity index (χ0v) is 11.8. The van der Waals surface area contributed by atoms with E-state index in [1.54, 1.807) is 20.1 Å². The molecule has 2 rings (SSSR count). The Bertz CT molecular complexity index is 424. The molecule has 20 heavy (non-hydrogen) atoms. The highest BCUT2D eigenvalue weighted by atomic mass is 19.4. The maximum absolute atomic E-state index is 12.6. The summed E-state index contributed by atoms with van der Waals surface area (Å²) in [4.78, 5) is 1.37. The number of hydrogen-bond donors (Lipinski definition) is 1. The van der Waals surface area contributed by atoms with Crippen LogP contribution in [0, 0.1) is 0 Å². The molecule has 1 aromatic rings. The lowest BCUT2D eigenvalue weighted by Crippen LogP contribution is -2.38. The van der Waals surface area contributed by atoms with Crippen LogP contribution in [0.25, 0.3) is 0 Å². The van der Waals surface area contributed by atoms with Gasteiger partial charge < -0.3 is 9.73 Å². The van der Waals surface area contributed by atoms with Crippen molar-refractivity contribution < 1.29 is 17.6 Å². The maximum atomic E-state index is 12.6. The summed E-state index contributed by atoms with van der Waals surface area (Å²) in [7, 11) is 0. The van der Waals surface area contributed by atoms with Crippen molar-refractivity contribution in [2.75, 3.05) is 6.54 Å². The molecule has 1 fully saturated rings. The van der Waals surface area contributed by atoms with Crippen LogP contribution < -0.4 is 5.32 Å². The Kier molecular flexibility index (Phi) is 4.75. The number of rotatable bonds is 7. The summed E-state index contributed by atoms with van der Waals surface area (Å²) in [6.45, 7) is 3.45. The van der Waals surface area contributed by atoms with Gasteiger partial charge in [-0.2, -0.15) is 13.2 Å². The molecule has 6 heteroatoms. The van der Waals surface area contributed by atoms with Crippen LogP contribution in [0.1, 0.15) is 38.0 Å². The highest BCUT2D eigenvalue weighted by Crippen LogP contribution is 2.23. The molecule has 114 valence electrons. The Balaban J connectivity index is 1.96. The molecule has 0 spiro atoms. The average Bonchev–Trinajstić information content (AvgIpc) is 3.05. The average molecular weight is 290 g/mol. The number of furan rings is 1. The van der Waals surface area contributed by atoms with Crippen LogP contribution in [0.4, 0.5) is 13.2 Å². The monoisotopic (exact) mass is 290 g/mol. The van der Waals surface area contributed by atoms with Gasteiger partial charge in [0, 0.05) is 24.2 Å². The maximum Gasteiger partial charge on any atom is 0.401 e. The Morgan fingerprint density at radius 1 is 1.40 bits per heavy atom. The number of alkyl halides is 3. The SMILES string of the molecule is CC(C)N(Cc1occc1CNC1CC1)CC(F)(F)F. The summed E-state index contributed by atoms with van der Waals surface area (Å²) in [5, 5.41) is 3.35. The first-order valence-corrected chi connectivity index (χ1v) is 6.94. The summed E-state index contributed by atoms with van der Waals surface area (Å²) in [6, 6.07) is 2.21. The number of nitrogens with zero attached hydrogens (tertiary/aromatic N) is 1. The summed E-state index contributed by atoms with van der Waals surface area (Å²) in [6.07, 6.45) is -0.284. The molecule has 0 atom stereocenters. The van der Waals surface area contributed by atoms with E-state index in [9.17, 15) is 13.2 Å². The van der Waals surface area contributed by atoms with Crippen molar-refractivity contribution in [1.29, 1.82) is 0 Å². The molecule has 1 heterocycles. The first kappa shape index (κ1) is 15.4. The minimum Gasteiger partial charge on any atom is -0.468 e. The zero-order chi connectivity index (χ0) is 14.8. The summed E-state index contributed by atoms with van der Waals surface area (Å²) in [5.41, 5.74) is 0.949. The molecule has 0 aromatic carbocycles. The summed E-state index contributed by atoms with van der Waals surface area (Å²) in [5.74, 6) is 0.621. The van der Waals surface area contributed by atoms with E-state index in [2.05, 4.69) is 5.32 Å². The lowest BCUT2D eigenvalue weighted by Gasteiger charge is -2.26. The van der Waals surface area contributed by atoms with Crippen molar-refractivity contribution >= 4 is 0 Å². The van der Waals surface area contributed by atoms with Gasteiger partial charge >= 0.3 is 6.18 Å². The number of hydrogen-bond acceptors (Lipinski definition) is 3. The molecule has 1 aliphatic rings. The van der Waals surface area contributed by atoms with Gasteiger partial charge in [-0.25, -0.2) is 0 Å². The van der Waals surface area contributed by atoms with Crippen LogP contribution in [-0.4, -0.2) is 29.7 Å². The predicted molar refractivity (Wildman–Crippen MR) is 70.2 cm³/mol. The fourth-order valence-corrected chi connectivity index (χ4v) is 2.04. The Morgan fingerprint density at radius 3 is 2.65 bits per heavy atom. The van der Waals surface area contributed by atoms with Gasteiger partial charge in [0.05, 0.1) is 19.4 Å². The van der Waals surface area contributed by atoms with Crippen molar-refractivity contribution in [3.63, 3.8) is 0 Å². The Morgan fingerprint density at radius 2 is 2.10 bits per heavy atom. The van der Waals surface area contributed by atoms with E-state index in [0.717, 1.165) is 5.56 Å². The number of nitrogens with one attached hydrogen (secondary N) is 1. The highest BCUT2D eigenvalue weighted by molar-refractivity contribution is 5.17. The van der Waals surface area contributed by atoms with Crippen molar-refractivity contribution in [2.24, 2.45) is 0 Å². The molecule has 0 unspecified atom stereocenters. The van der Waals surface area contributed by atoms with Gasteiger partial charge in [-0.05, 0) is 32.8 Å². The van der Waals surface area contributed by atoms with E-state index in [0.29, 0.717) is 18.3 Å². The van der Waals surface area contributed by atoms with Crippen molar-refractivity contribution in [3.05, 3.63) is 23.7 Å². The minimum atomic E-state index is -4.19. The third-order valence-corrected chi connectivity index (χ3v) is 3.46. The van der Waals surface area contributed by atoms with Crippen LogP contribution in [-0.2, 0) is 13.1 Å². The molecule has 3 nitrogen and oxygen atoms in total. The van der Waals surface area contributed by atoms with Gasteiger partial charge in [0.2, 0.25) is 0 Å². The van der Waals surface area contributed by atoms with Gasteiger partial charge in [0.1, 0.15) is 5.76 Å². The van der Waals surface area contributed by atoms with Crippen molar-refractivity contribution in [2.45, 2.75) is 58.0 Å². The Hall–Kier alpha value is -1.01. The molecular weight excluding hydrogens is 269 g/mol. The molecule has 0 amide bonds. The van der Waals surface area contributed by atoms with Gasteiger partial charge in [0.15, 0.2) is 0 Å². The minimum absolute atomic E-state index is 0.186. The van der Waals surface area contributed by atoms with E-state index in [-0.39, 0.29) is 12.6 Å². The third kappa shape index (κ3) is 4.83. The fourth-order valence-electron chi connectivity index (χ4n) is 2.04. The van der Waals surface area contributed by atoms with Crippen LogP contribution in [0.5, 0.6) is 0 Å². The second kappa shape index (κ2) is 6.18. The second-order valence-electron chi connectivity index (χ2n) is 5.64. The first-order chi connectivity index (χ1) is 9.35. The molecule has 1 aromatic heterocycles. The molecular formula is C14H21F3N2O. The molecule has 1 N–H and O–H groups in total. The van der Waals surface area contributed by atoms with Crippen LogP contribution in [0.3, 0.4) is 0 Å². The van der Waals surface area contributed by atoms with Crippen LogP contribution in [0.2, 0.25) is 0 Å². The molecule has 0 saturated heterocycles. The van der Waals surface area contributed by atoms with E-state index < -0.39 is 12.7 Å². The summed E-state index contributed by atoms with van der Waals surface area (Å²) >= 11 is 0. The van der Waals surface area contributed by atoms with E-state index in [4.69, 9.17) is 4.42 Å². The topological polar surface area (TPSA) is 28.4 Å². The standard InChI is InChI=1S/C14H21F3N2O/c1-10(2)19(9-14(15,16)17)8-13-11(5-6-20-13)7-18-12-3-4-12/h5-6,10,12,18H,3-4,7-9H2,1-2H3. The summed E-state index contributed by atoms with van der Waals surface area (Å²) < 4.78 is 43.1. The predicted octanol–water partition coefficient (Wildman–Crippen LogP) is 3.30. The van der Waals surface area contributed by atoms with Gasteiger partial charge in [0.25, 0.3) is 0 Å². The molecule has 0 bridgehead atoms. The lowest BCUT2D eigenvalue weighted by atomic mass is 10.2. The molecule has 1 saturated carbocycles. The quantitative estimate of drug-likeness (QED) is 0.835. The largest absolute Gasteiger partial charge is 0.468 e. The van der Waals surface area contributed by atoms with E-state index >= 15 is 0 Å². The van der Waals surface area contributed by atoms with Crippen molar-refractivity contribution in [1.82, 2.24) is 10.2 Å². The van der Waals surface area contributed by atoms with Crippen LogP contribution in [0.15, 0.2) is 16.7 Å². The van der Waals surface area contributed by atoms with E-state index in [1.165, 1.54) is 17.7 Å². The first-order valence-electron chi connectivity index (χ1n) is 6.94. The highest BCUT2D eigenvalue weighted by Gasteiger charge is 2.32. The van der Waals surface area contributed by atoms with Crippen LogP contribution >= 0.6 is 0 Å². The lowest BCUT2D eigenvalue weighted by molar-refractivity contribution is -0.151. The Labute approximate surface area is 117 Å². The molecule has 0 aliphatic heterocycles. The van der Waals surface area contributed by atoms with Gasteiger partial charge in [-0.1, -0.05) is 0 Å². The molecule has 1 aliphatic carbocycles. The van der Waals surface area contributed by atoms with Gasteiger partial charge in [-0.15, -0.1) is 0 Å². The third-order valence-electron chi connectivity index (χ3n) is 3.46. The second-order valence-corrected chi connectivity index (χ2v) is 5.64. The number of halogens is 3. The normalized spacial score (nSPS) is 16.4. The van der Waals surface area contributed by atoms with Crippen molar-refractivity contribution in [3.8, 4) is 0 Å². The zero-order valence-electron chi connectivity index (χ0n) is 11.8.